The van der Waals surface area contributed by atoms with Gasteiger partial charge in [-0.15, -0.1) is 11.3 Å². The van der Waals surface area contributed by atoms with E-state index in [1.807, 2.05) is 6.07 Å². The standard InChI is InChI=1S/C9H12OS/c1-6-8(4-5-11-6)9(10)7-2-3-7/h4-5,7,9-10H,2-3H2,1H3. The Kier molecular flexibility index (Phi) is 1.74. The second-order valence-electron chi connectivity index (χ2n) is 3.21. The van der Waals surface area contributed by atoms with Gasteiger partial charge in [0, 0.05) is 4.88 Å². The van der Waals surface area contributed by atoms with Gasteiger partial charge < -0.3 is 5.11 Å². The van der Waals surface area contributed by atoms with Gasteiger partial charge in [0.05, 0.1) is 6.10 Å². The Bertz CT molecular complexity index is 250. The van der Waals surface area contributed by atoms with Gasteiger partial charge in [-0.1, -0.05) is 0 Å². The molecular weight excluding hydrogens is 156 g/mol. The molecule has 1 aromatic heterocycles. The van der Waals surface area contributed by atoms with Crippen LogP contribution in [-0.2, 0) is 0 Å². The van der Waals surface area contributed by atoms with Gasteiger partial charge in [-0.25, -0.2) is 0 Å². The van der Waals surface area contributed by atoms with E-state index in [-0.39, 0.29) is 6.10 Å². The average molecular weight is 168 g/mol. The third-order valence-corrected chi connectivity index (χ3v) is 3.15. The minimum atomic E-state index is -0.179. The lowest BCUT2D eigenvalue weighted by Crippen LogP contribution is -1.98. The van der Waals surface area contributed by atoms with Crippen molar-refractivity contribution >= 4 is 11.3 Å². The van der Waals surface area contributed by atoms with E-state index in [0.717, 1.165) is 5.56 Å². The van der Waals surface area contributed by atoms with Crippen molar-refractivity contribution in [3.8, 4) is 0 Å². The van der Waals surface area contributed by atoms with Crippen LogP contribution in [0.1, 0.15) is 29.4 Å². The van der Waals surface area contributed by atoms with Crippen LogP contribution in [0.15, 0.2) is 11.4 Å². The van der Waals surface area contributed by atoms with Crippen molar-refractivity contribution in [1.82, 2.24) is 0 Å². The Morgan fingerprint density at radius 2 is 2.36 bits per heavy atom. The molecule has 1 N–H and O–H groups in total. The first-order valence-electron chi connectivity index (χ1n) is 4.01. The zero-order chi connectivity index (χ0) is 7.84. The van der Waals surface area contributed by atoms with Crippen molar-refractivity contribution in [3.05, 3.63) is 21.9 Å². The highest BCUT2D eigenvalue weighted by atomic mass is 32.1. The molecule has 1 aliphatic carbocycles. The van der Waals surface area contributed by atoms with E-state index in [2.05, 4.69) is 12.3 Å². The summed E-state index contributed by atoms with van der Waals surface area (Å²) in [6.07, 6.45) is 2.23. The maximum Gasteiger partial charge on any atom is 0.0828 e. The van der Waals surface area contributed by atoms with E-state index in [1.165, 1.54) is 17.7 Å². The highest BCUT2D eigenvalue weighted by Gasteiger charge is 2.31. The molecule has 0 bridgehead atoms. The molecule has 0 amide bonds. The van der Waals surface area contributed by atoms with E-state index >= 15 is 0 Å². The number of hydrogen-bond acceptors (Lipinski definition) is 2. The molecule has 2 rings (SSSR count). The molecule has 1 aromatic rings. The first kappa shape index (κ1) is 7.32. The molecule has 0 aromatic carbocycles. The summed E-state index contributed by atoms with van der Waals surface area (Å²) in [5, 5.41) is 11.8. The molecule has 1 fully saturated rings. The molecule has 1 nitrogen and oxygen atoms in total. The van der Waals surface area contributed by atoms with Crippen LogP contribution in [0.25, 0.3) is 0 Å². The van der Waals surface area contributed by atoms with Crippen molar-refractivity contribution < 1.29 is 5.11 Å². The lowest BCUT2D eigenvalue weighted by Gasteiger charge is -2.07. The zero-order valence-electron chi connectivity index (χ0n) is 6.58. The largest absolute Gasteiger partial charge is 0.388 e. The topological polar surface area (TPSA) is 20.2 Å². The van der Waals surface area contributed by atoms with E-state index in [0.29, 0.717) is 5.92 Å². The van der Waals surface area contributed by atoms with Gasteiger partial charge in [-0.05, 0) is 42.7 Å². The monoisotopic (exact) mass is 168 g/mol. The van der Waals surface area contributed by atoms with Gasteiger partial charge in [0.1, 0.15) is 0 Å². The maximum absolute atomic E-state index is 9.74. The van der Waals surface area contributed by atoms with Gasteiger partial charge in [0.25, 0.3) is 0 Å². The van der Waals surface area contributed by atoms with Crippen LogP contribution in [0.2, 0.25) is 0 Å². The van der Waals surface area contributed by atoms with Crippen molar-refractivity contribution in [2.75, 3.05) is 0 Å². The summed E-state index contributed by atoms with van der Waals surface area (Å²) in [6, 6.07) is 2.04. The number of aryl methyl sites for hydroxylation is 1. The molecule has 1 aliphatic rings. The smallest absolute Gasteiger partial charge is 0.0828 e. The molecule has 1 unspecified atom stereocenters. The number of rotatable bonds is 2. The van der Waals surface area contributed by atoms with Gasteiger partial charge in [-0.3, -0.25) is 0 Å². The van der Waals surface area contributed by atoms with Crippen LogP contribution in [-0.4, -0.2) is 5.11 Å². The normalized spacial score (nSPS) is 20.2. The molecule has 1 saturated carbocycles. The van der Waals surface area contributed by atoms with Crippen LogP contribution >= 0.6 is 11.3 Å². The van der Waals surface area contributed by atoms with Crippen molar-refractivity contribution in [3.63, 3.8) is 0 Å². The lowest BCUT2D eigenvalue weighted by molar-refractivity contribution is 0.153. The summed E-state index contributed by atoms with van der Waals surface area (Å²) in [6.45, 7) is 2.08. The number of hydrogen-bond donors (Lipinski definition) is 1. The fourth-order valence-corrected chi connectivity index (χ4v) is 2.11. The van der Waals surface area contributed by atoms with Gasteiger partial charge in [0.15, 0.2) is 0 Å². The van der Waals surface area contributed by atoms with Crippen LogP contribution in [0.3, 0.4) is 0 Å². The summed E-state index contributed by atoms with van der Waals surface area (Å²) in [5.41, 5.74) is 1.15. The summed E-state index contributed by atoms with van der Waals surface area (Å²) >= 11 is 1.72. The second kappa shape index (κ2) is 2.61. The van der Waals surface area contributed by atoms with Crippen molar-refractivity contribution in [2.45, 2.75) is 25.9 Å². The molecule has 1 heterocycles. The Labute approximate surface area is 70.7 Å². The molecular formula is C9H12OS. The molecule has 11 heavy (non-hydrogen) atoms. The van der Waals surface area contributed by atoms with Gasteiger partial charge >= 0.3 is 0 Å². The molecule has 1 atom stereocenters. The zero-order valence-corrected chi connectivity index (χ0v) is 7.40. The molecule has 0 saturated heterocycles. The maximum atomic E-state index is 9.74. The fraction of sp³-hybridized carbons (Fsp3) is 0.556. The molecule has 2 heteroatoms. The molecule has 0 radical (unpaired) electrons. The van der Waals surface area contributed by atoms with Crippen LogP contribution in [0.5, 0.6) is 0 Å². The third kappa shape index (κ3) is 1.33. The van der Waals surface area contributed by atoms with Crippen LogP contribution in [0.4, 0.5) is 0 Å². The predicted octanol–water partition coefficient (Wildman–Crippen LogP) is 2.50. The predicted molar refractivity (Wildman–Crippen MR) is 46.7 cm³/mol. The Morgan fingerprint density at radius 1 is 1.64 bits per heavy atom. The molecule has 0 spiro atoms. The Morgan fingerprint density at radius 3 is 2.82 bits per heavy atom. The summed E-state index contributed by atoms with van der Waals surface area (Å²) < 4.78 is 0. The Balaban J connectivity index is 2.20. The first-order chi connectivity index (χ1) is 5.29. The minimum Gasteiger partial charge on any atom is -0.388 e. The summed E-state index contributed by atoms with van der Waals surface area (Å²) in [4.78, 5) is 1.27. The van der Waals surface area contributed by atoms with Gasteiger partial charge in [-0.2, -0.15) is 0 Å². The molecule has 60 valence electrons. The third-order valence-electron chi connectivity index (χ3n) is 2.29. The quantitative estimate of drug-likeness (QED) is 0.719. The van der Waals surface area contributed by atoms with Crippen LogP contribution < -0.4 is 0 Å². The van der Waals surface area contributed by atoms with E-state index < -0.39 is 0 Å². The van der Waals surface area contributed by atoms with E-state index in [4.69, 9.17) is 0 Å². The van der Waals surface area contributed by atoms with Crippen molar-refractivity contribution in [1.29, 1.82) is 0 Å². The lowest BCUT2D eigenvalue weighted by atomic mass is 10.1. The SMILES string of the molecule is Cc1sccc1C(O)C1CC1. The van der Waals surface area contributed by atoms with Crippen LogP contribution in [0, 0.1) is 12.8 Å². The van der Waals surface area contributed by atoms with E-state index in [9.17, 15) is 5.11 Å². The number of aliphatic hydroxyl groups is 1. The number of thiophene rings is 1. The minimum absolute atomic E-state index is 0.179. The van der Waals surface area contributed by atoms with Crippen molar-refractivity contribution in [2.24, 2.45) is 5.92 Å². The highest BCUT2D eigenvalue weighted by molar-refractivity contribution is 7.10. The first-order valence-corrected chi connectivity index (χ1v) is 4.89. The average Bonchev–Trinajstić information content (AvgIpc) is 2.74. The highest BCUT2D eigenvalue weighted by Crippen LogP contribution is 2.42. The second-order valence-corrected chi connectivity index (χ2v) is 4.33. The molecule has 0 aliphatic heterocycles. The van der Waals surface area contributed by atoms with Gasteiger partial charge in [0.2, 0.25) is 0 Å². The van der Waals surface area contributed by atoms with E-state index in [1.54, 1.807) is 11.3 Å². The number of aliphatic hydroxyl groups excluding tert-OH is 1. The summed E-state index contributed by atoms with van der Waals surface area (Å²) in [7, 11) is 0. The fourth-order valence-electron chi connectivity index (χ4n) is 1.37. The Hall–Kier alpha value is -0.340. The summed E-state index contributed by atoms with van der Waals surface area (Å²) in [5.74, 6) is 0.559.